The zero-order valence-corrected chi connectivity index (χ0v) is 6.43. The lowest BCUT2D eigenvalue weighted by Gasteiger charge is -2.15. The zero-order chi connectivity index (χ0) is 9.19. The van der Waals surface area contributed by atoms with Crippen molar-refractivity contribution in [3.05, 3.63) is 29.8 Å². The lowest BCUT2D eigenvalue weighted by molar-refractivity contribution is 0.00676. The molecule has 0 aliphatic heterocycles. The Morgan fingerprint density at radius 1 is 1.25 bits per heavy atom. The van der Waals surface area contributed by atoms with Gasteiger partial charge in [0.25, 0.3) is 5.92 Å². The Kier molecular flexibility index (Phi) is 2.28. The van der Waals surface area contributed by atoms with Gasteiger partial charge in [-0.2, -0.15) is 8.78 Å². The van der Waals surface area contributed by atoms with Crippen LogP contribution in [0, 0.1) is 0 Å². The van der Waals surface area contributed by atoms with Crippen LogP contribution in [0.4, 0.5) is 14.5 Å². The summed E-state index contributed by atoms with van der Waals surface area (Å²) < 4.78 is 25.9. The minimum atomic E-state index is -3.02. The Bertz CT molecular complexity index is 274. The van der Waals surface area contributed by atoms with Crippen LogP contribution in [0.1, 0.15) is 5.56 Å². The summed E-state index contributed by atoms with van der Waals surface area (Å²) in [6.07, 6.45) is 0. The van der Waals surface area contributed by atoms with Crippen molar-refractivity contribution >= 4 is 5.69 Å². The molecule has 1 aromatic rings. The third-order valence-corrected chi connectivity index (χ3v) is 1.61. The highest BCUT2D eigenvalue weighted by Crippen LogP contribution is 2.30. The summed E-state index contributed by atoms with van der Waals surface area (Å²) in [6.45, 7) is -0.721. The van der Waals surface area contributed by atoms with Crippen LogP contribution in [-0.4, -0.2) is 6.54 Å². The van der Waals surface area contributed by atoms with Gasteiger partial charge < -0.3 is 11.5 Å². The molecule has 4 N–H and O–H groups in total. The molecule has 0 aliphatic rings. The molecule has 0 heterocycles. The van der Waals surface area contributed by atoms with E-state index in [0.717, 1.165) is 0 Å². The largest absolute Gasteiger partial charge is 0.398 e. The second-order valence-corrected chi connectivity index (χ2v) is 2.50. The molecule has 0 aromatic heterocycles. The molecule has 4 heteroatoms. The monoisotopic (exact) mass is 172 g/mol. The van der Waals surface area contributed by atoms with E-state index in [4.69, 9.17) is 11.5 Å². The molecule has 12 heavy (non-hydrogen) atoms. The van der Waals surface area contributed by atoms with Gasteiger partial charge in [-0.1, -0.05) is 18.2 Å². The summed E-state index contributed by atoms with van der Waals surface area (Å²) in [5.41, 5.74) is 10.1. The first-order valence-electron chi connectivity index (χ1n) is 3.51. The van der Waals surface area contributed by atoms with E-state index in [1.165, 1.54) is 18.2 Å². The van der Waals surface area contributed by atoms with Crippen LogP contribution in [0.15, 0.2) is 24.3 Å². The third kappa shape index (κ3) is 1.53. The third-order valence-electron chi connectivity index (χ3n) is 1.61. The summed E-state index contributed by atoms with van der Waals surface area (Å²) in [6, 6.07) is 5.82. The minimum Gasteiger partial charge on any atom is -0.398 e. The van der Waals surface area contributed by atoms with Gasteiger partial charge >= 0.3 is 0 Å². The highest BCUT2D eigenvalue weighted by atomic mass is 19.3. The molecule has 0 saturated heterocycles. The topological polar surface area (TPSA) is 52.0 Å². The van der Waals surface area contributed by atoms with Gasteiger partial charge in [0, 0.05) is 11.3 Å². The number of para-hydroxylation sites is 1. The average molecular weight is 172 g/mol. The van der Waals surface area contributed by atoms with Crippen LogP contribution in [0.5, 0.6) is 0 Å². The highest BCUT2D eigenvalue weighted by molar-refractivity contribution is 5.48. The van der Waals surface area contributed by atoms with Crippen LogP contribution in [0.25, 0.3) is 0 Å². The predicted molar refractivity (Wildman–Crippen MR) is 43.8 cm³/mol. The number of hydrogen-bond acceptors (Lipinski definition) is 2. The maximum atomic E-state index is 12.9. The zero-order valence-electron chi connectivity index (χ0n) is 6.43. The van der Waals surface area contributed by atoms with Gasteiger partial charge in [-0.25, -0.2) is 0 Å². The van der Waals surface area contributed by atoms with Gasteiger partial charge in [-0.05, 0) is 6.07 Å². The number of halogens is 2. The summed E-state index contributed by atoms with van der Waals surface area (Å²) >= 11 is 0. The number of hydrogen-bond donors (Lipinski definition) is 2. The van der Waals surface area contributed by atoms with Crippen LogP contribution >= 0.6 is 0 Å². The van der Waals surface area contributed by atoms with Crippen molar-refractivity contribution in [2.75, 3.05) is 12.3 Å². The van der Waals surface area contributed by atoms with Crippen LogP contribution in [0.2, 0.25) is 0 Å². The normalized spacial score (nSPS) is 11.6. The first kappa shape index (κ1) is 8.93. The van der Waals surface area contributed by atoms with Crippen molar-refractivity contribution in [2.45, 2.75) is 5.92 Å². The van der Waals surface area contributed by atoms with E-state index in [9.17, 15) is 8.78 Å². The maximum Gasteiger partial charge on any atom is 0.287 e. The van der Waals surface area contributed by atoms with Crippen molar-refractivity contribution in [3.8, 4) is 0 Å². The fourth-order valence-corrected chi connectivity index (χ4v) is 0.940. The van der Waals surface area contributed by atoms with Gasteiger partial charge in [-0.15, -0.1) is 0 Å². The number of benzene rings is 1. The van der Waals surface area contributed by atoms with E-state index in [0.29, 0.717) is 0 Å². The van der Waals surface area contributed by atoms with E-state index in [1.54, 1.807) is 6.07 Å². The molecule has 0 fully saturated rings. The van der Waals surface area contributed by atoms with Gasteiger partial charge in [0.05, 0.1) is 6.54 Å². The Balaban J connectivity index is 3.10. The van der Waals surface area contributed by atoms with Crippen LogP contribution < -0.4 is 11.5 Å². The molecule has 1 aromatic carbocycles. The highest BCUT2D eigenvalue weighted by Gasteiger charge is 2.31. The first-order chi connectivity index (χ1) is 5.58. The SMILES string of the molecule is NCC(F)(F)c1ccccc1N. The van der Waals surface area contributed by atoms with Crippen molar-refractivity contribution in [1.29, 1.82) is 0 Å². The lowest BCUT2D eigenvalue weighted by atomic mass is 10.1. The number of rotatable bonds is 2. The molecular formula is C8H10F2N2. The molecule has 0 bridgehead atoms. The minimum absolute atomic E-state index is 0.0768. The molecule has 1 rings (SSSR count). The molecular weight excluding hydrogens is 162 g/mol. The number of alkyl halides is 2. The number of nitrogen functional groups attached to an aromatic ring is 1. The van der Waals surface area contributed by atoms with Gasteiger partial charge in [0.1, 0.15) is 0 Å². The van der Waals surface area contributed by atoms with E-state index in [2.05, 4.69) is 0 Å². The number of nitrogens with two attached hydrogens (primary N) is 2. The van der Waals surface area contributed by atoms with E-state index < -0.39 is 12.5 Å². The quantitative estimate of drug-likeness (QED) is 0.661. The van der Waals surface area contributed by atoms with Crippen molar-refractivity contribution in [1.82, 2.24) is 0 Å². The molecule has 0 aliphatic carbocycles. The van der Waals surface area contributed by atoms with Crippen molar-refractivity contribution in [2.24, 2.45) is 5.73 Å². The maximum absolute atomic E-state index is 12.9. The predicted octanol–water partition coefficient (Wildman–Crippen LogP) is 1.32. The lowest BCUT2D eigenvalue weighted by Crippen LogP contribution is -2.26. The molecule has 0 radical (unpaired) electrons. The molecule has 0 saturated carbocycles. The molecule has 0 spiro atoms. The first-order valence-corrected chi connectivity index (χ1v) is 3.51. The molecule has 2 nitrogen and oxygen atoms in total. The van der Waals surface area contributed by atoms with E-state index >= 15 is 0 Å². The summed E-state index contributed by atoms with van der Waals surface area (Å²) in [5, 5.41) is 0. The van der Waals surface area contributed by atoms with E-state index in [1.807, 2.05) is 0 Å². The molecule has 66 valence electrons. The average Bonchev–Trinajstić information content (AvgIpc) is 2.05. The summed E-state index contributed by atoms with van der Waals surface area (Å²) in [5.74, 6) is -3.02. The van der Waals surface area contributed by atoms with Crippen molar-refractivity contribution in [3.63, 3.8) is 0 Å². The fraction of sp³-hybridized carbons (Fsp3) is 0.250. The van der Waals surface area contributed by atoms with Crippen molar-refractivity contribution < 1.29 is 8.78 Å². The molecule has 0 atom stereocenters. The fourth-order valence-electron chi connectivity index (χ4n) is 0.940. The summed E-state index contributed by atoms with van der Waals surface area (Å²) in [4.78, 5) is 0. The molecule has 0 amide bonds. The van der Waals surface area contributed by atoms with E-state index in [-0.39, 0.29) is 11.3 Å². The second kappa shape index (κ2) is 3.06. The van der Waals surface area contributed by atoms with Crippen LogP contribution in [0.3, 0.4) is 0 Å². The Morgan fingerprint density at radius 2 is 1.83 bits per heavy atom. The summed E-state index contributed by atoms with van der Waals surface area (Å²) in [7, 11) is 0. The second-order valence-electron chi connectivity index (χ2n) is 2.50. The smallest absolute Gasteiger partial charge is 0.287 e. The van der Waals surface area contributed by atoms with Gasteiger partial charge in [-0.3, -0.25) is 0 Å². The van der Waals surface area contributed by atoms with Gasteiger partial charge in [0.15, 0.2) is 0 Å². The molecule has 0 unspecified atom stereocenters. The van der Waals surface area contributed by atoms with Crippen LogP contribution in [-0.2, 0) is 5.92 Å². The number of anilines is 1. The Labute approximate surface area is 69.2 Å². The van der Waals surface area contributed by atoms with Gasteiger partial charge in [0.2, 0.25) is 0 Å². The standard InChI is InChI=1S/C8H10F2N2/c9-8(10,5-11)6-3-1-2-4-7(6)12/h1-4H,5,11-12H2. The Morgan fingerprint density at radius 3 is 2.33 bits per heavy atom. The Hall–Kier alpha value is -1.16.